The highest BCUT2D eigenvalue weighted by Crippen LogP contribution is 1.92. The van der Waals surface area contributed by atoms with Crippen LogP contribution in [0.4, 0.5) is 4.79 Å². The van der Waals surface area contributed by atoms with Crippen LogP contribution in [0.25, 0.3) is 0 Å². The maximum atomic E-state index is 10.8. The molecule has 0 atom stereocenters. The van der Waals surface area contributed by atoms with Crippen LogP contribution < -0.4 is 11.1 Å². The van der Waals surface area contributed by atoms with Gasteiger partial charge in [-0.1, -0.05) is 0 Å². The number of quaternary nitrogens is 1. The van der Waals surface area contributed by atoms with Crippen LogP contribution in [0.3, 0.4) is 0 Å². The Hall–Kier alpha value is -0.770. The molecule has 52 valence electrons. The van der Waals surface area contributed by atoms with Crippen molar-refractivity contribution in [2.45, 2.75) is 0 Å². The van der Waals surface area contributed by atoms with Gasteiger partial charge in [-0.3, -0.25) is 0 Å². The molecule has 0 unspecified atom stereocenters. The zero-order valence-electron chi connectivity index (χ0n) is 5.39. The van der Waals surface area contributed by atoms with Gasteiger partial charge in [0.1, 0.15) is 0 Å². The molecule has 1 heterocycles. The van der Waals surface area contributed by atoms with Gasteiger partial charge < -0.3 is 16.0 Å². The Morgan fingerprint density at radius 1 is 1.78 bits per heavy atom. The number of rotatable bonds is 2. The van der Waals surface area contributed by atoms with E-state index in [1.807, 2.05) is 0 Å². The van der Waals surface area contributed by atoms with E-state index in [2.05, 4.69) is 11.1 Å². The van der Waals surface area contributed by atoms with Crippen molar-refractivity contribution in [3.05, 3.63) is 0 Å². The molecule has 1 fully saturated rings. The van der Waals surface area contributed by atoms with Crippen molar-refractivity contribution in [3.8, 4) is 0 Å². The summed E-state index contributed by atoms with van der Waals surface area (Å²) in [6.07, 6.45) is 0. The highest BCUT2D eigenvalue weighted by Gasteiger charge is 2.17. The van der Waals surface area contributed by atoms with Crippen molar-refractivity contribution in [1.29, 1.82) is 0 Å². The summed E-state index contributed by atoms with van der Waals surface area (Å²) in [5.74, 6) is 0. The molecular weight excluding hydrogens is 118 g/mol. The molecule has 1 aliphatic heterocycles. The van der Waals surface area contributed by atoms with Crippen molar-refractivity contribution >= 4 is 6.03 Å². The Kier molecular flexibility index (Phi) is 1.89. The molecule has 4 N–H and O–H groups in total. The van der Waals surface area contributed by atoms with Gasteiger partial charge >= 0.3 is 6.03 Å². The molecular formula is C5H12N3O+. The first-order valence-electron chi connectivity index (χ1n) is 3.16. The van der Waals surface area contributed by atoms with Crippen molar-refractivity contribution in [3.63, 3.8) is 0 Å². The van der Waals surface area contributed by atoms with Crippen LogP contribution in [0.15, 0.2) is 0 Å². The topological polar surface area (TPSA) is 60.0 Å². The van der Waals surface area contributed by atoms with Gasteiger partial charge in [-0.25, -0.2) is 4.79 Å². The van der Waals surface area contributed by atoms with Gasteiger partial charge in [0, 0.05) is 13.1 Å². The van der Waals surface area contributed by atoms with Crippen LogP contribution in [-0.2, 0) is 0 Å². The molecule has 1 rings (SSSR count). The molecule has 0 aromatic heterocycles. The van der Waals surface area contributed by atoms with Crippen LogP contribution in [0, 0.1) is 0 Å². The Bertz CT molecular complexity index is 115. The van der Waals surface area contributed by atoms with Gasteiger partial charge in [-0.05, 0) is 0 Å². The van der Waals surface area contributed by atoms with Crippen molar-refractivity contribution in [2.24, 2.45) is 0 Å². The van der Waals surface area contributed by atoms with Crippen molar-refractivity contribution < 1.29 is 10.5 Å². The predicted octanol–water partition coefficient (Wildman–Crippen LogP) is -1.75. The third-order valence-corrected chi connectivity index (χ3v) is 1.37. The van der Waals surface area contributed by atoms with E-state index >= 15 is 0 Å². The minimum atomic E-state index is 0.0543. The highest BCUT2D eigenvalue weighted by molar-refractivity contribution is 5.76. The zero-order chi connectivity index (χ0) is 6.69. The van der Waals surface area contributed by atoms with E-state index in [4.69, 9.17) is 0 Å². The van der Waals surface area contributed by atoms with E-state index in [1.165, 1.54) is 0 Å². The number of hydrogen-bond donors (Lipinski definition) is 2. The summed E-state index contributed by atoms with van der Waals surface area (Å²) in [6, 6.07) is 0.0543. The molecule has 9 heavy (non-hydrogen) atoms. The quantitative estimate of drug-likeness (QED) is 0.457. The summed E-state index contributed by atoms with van der Waals surface area (Å²) in [5, 5.41) is 2.71. The average Bonchev–Trinajstić information content (AvgIpc) is 2.18. The lowest BCUT2D eigenvalue weighted by Crippen LogP contribution is -2.55. The molecule has 0 spiro atoms. The van der Waals surface area contributed by atoms with E-state index in [9.17, 15) is 4.79 Å². The molecule has 0 aromatic rings. The Morgan fingerprint density at radius 2 is 2.56 bits per heavy atom. The Morgan fingerprint density at radius 3 is 3.00 bits per heavy atom. The first kappa shape index (κ1) is 6.35. The van der Waals surface area contributed by atoms with Crippen LogP contribution in [0.5, 0.6) is 0 Å². The monoisotopic (exact) mass is 130 g/mol. The first-order valence-corrected chi connectivity index (χ1v) is 3.16. The van der Waals surface area contributed by atoms with Gasteiger partial charge in [-0.15, -0.1) is 0 Å². The summed E-state index contributed by atoms with van der Waals surface area (Å²) < 4.78 is 0. The number of nitrogens with one attached hydrogen (secondary N) is 1. The normalized spacial score (nSPS) is 18.3. The third-order valence-electron chi connectivity index (χ3n) is 1.37. The number of urea groups is 1. The van der Waals surface area contributed by atoms with Crippen molar-refractivity contribution in [2.75, 3.05) is 26.2 Å². The molecule has 0 aromatic carbocycles. The summed E-state index contributed by atoms with van der Waals surface area (Å²) in [6.45, 7) is 3.21. The maximum Gasteiger partial charge on any atom is 0.317 e. The fourth-order valence-electron chi connectivity index (χ4n) is 0.915. The first-order chi connectivity index (χ1) is 4.34. The van der Waals surface area contributed by atoms with Gasteiger partial charge in [-0.2, -0.15) is 0 Å². The number of nitrogens with zero attached hydrogens (tertiary/aromatic N) is 1. The average molecular weight is 130 g/mol. The number of carbonyl (C=O) groups excluding carboxylic acids is 1. The zero-order valence-corrected chi connectivity index (χ0v) is 5.39. The fraction of sp³-hybridized carbons (Fsp3) is 0.800. The van der Waals surface area contributed by atoms with Crippen molar-refractivity contribution in [1.82, 2.24) is 10.2 Å². The van der Waals surface area contributed by atoms with Crippen LogP contribution >= 0.6 is 0 Å². The van der Waals surface area contributed by atoms with E-state index < -0.39 is 0 Å². The molecule has 1 aliphatic rings. The maximum absolute atomic E-state index is 10.8. The van der Waals surface area contributed by atoms with E-state index in [1.54, 1.807) is 4.90 Å². The molecule has 1 saturated heterocycles. The Balaban J connectivity index is 2.31. The second-order valence-electron chi connectivity index (χ2n) is 2.07. The third kappa shape index (κ3) is 1.32. The van der Waals surface area contributed by atoms with E-state index in [0.717, 1.165) is 26.2 Å². The molecule has 4 heteroatoms. The summed E-state index contributed by atoms with van der Waals surface area (Å²) in [7, 11) is 0. The standard InChI is InChI=1S/C5H11N3O/c6-1-3-8-4-2-7-5(8)9/h1-4,6H2,(H,7,9)/p+1. The van der Waals surface area contributed by atoms with Gasteiger partial charge in [0.2, 0.25) is 0 Å². The number of hydrogen-bond acceptors (Lipinski definition) is 1. The second kappa shape index (κ2) is 2.68. The molecule has 0 bridgehead atoms. The number of amides is 2. The molecule has 0 radical (unpaired) electrons. The Labute approximate surface area is 54.0 Å². The lowest BCUT2D eigenvalue weighted by Gasteiger charge is -2.09. The molecule has 0 saturated carbocycles. The second-order valence-corrected chi connectivity index (χ2v) is 2.07. The minimum absolute atomic E-state index is 0.0543. The van der Waals surface area contributed by atoms with Crippen LogP contribution in [0.2, 0.25) is 0 Å². The van der Waals surface area contributed by atoms with Crippen LogP contribution in [-0.4, -0.2) is 37.1 Å². The molecule has 4 nitrogen and oxygen atoms in total. The smallest absolute Gasteiger partial charge is 0.317 e. The lowest BCUT2D eigenvalue weighted by molar-refractivity contribution is -0.367. The fourth-order valence-corrected chi connectivity index (χ4v) is 0.915. The number of carbonyl (C=O) groups is 1. The van der Waals surface area contributed by atoms with Gasteiger partial charge in [0.05, 0.1) is 13.1 Å². The highest BCUT2D eigenvalue weighted by atomic mass is 16.2. The molecule has 2 amide bonds. The van der Waals surface area contributed by atoms with Gasteiger partial charge in [0.25, 0.3) is 0 Å². The van der Waals surface area contributed by atoms with E-state index in [0.29, 0.717) is 0 Å². The SMILES string of the molecule is [NH3+]CCN1CCNC1=O. The molecule has 0 aliphatic carbocycles. The lowest BCUT2D eigenvalue weighted by atomic mass is 10.5. The summed E-state index contributed by atoms with van der Waals surface area (Å²) in [5.41, 5.74) is 3.66. The predicted molar refractivity (Wildman–Crippen MR) is 32.7 cm³/mol. The largest absolute Gasteiger partial charge is 0.356 e. The van der Waals surface area contributed by atoms with Crippen LogP contribution in [0.1, 0.15) is 0 Å². The summed E-state index contributed by atoms with van der Waals surface area (Å²) in [4.78, 5) is 12.5. The van der Waals surface area contributed by atoms with E-state index in [-0.39, 0.29) is 6.03 Å². The summed E-state index contributed by atoms with van der Waals surface area (Å²) >= 11 is 0. The minimum Gasteiger partial charge on any atom is -0.356 e. The van der Waals surface area contributed by atoms with Gasteiger partial charge in [0.15, 0.2) is 0 Å².